The molecule has 0 bridgehead atoms. The summed E-state index contributed by atoms with van der Waals surface area (Å²) in [5, 5.41) is 10.6. The first kappa shape index (κ1) is 14.5. The number of esters is 1. The Bertz CT molecular complexity index is 579. The number of aromatic nitrogens is 1. The van der Waals surface area contributed by atoms with Crippen LogP contribution in [0.4, 0.5) is 19.0 Å². The summed E-state index contributed by atoms with van der Waals surface area (Å²) in [6, 6.07) is 0.288. The molecule has 0 radical (unpaired) electrons. The first-order valence-electron chi connectivity index (χ1n) is 4.41. The van der Waals surface area contributed by atoms with Gasteiger partial charge in [0.25, 0.3) is 0 Å². The summed E-state index contributed by atoms with van der Waals surface area (Å²) < 4.78 is 43.4. The number of hydrogen-bond acceptors (Lipinski definition) is 6. The molecule has 1 aromatic rings. The molecular weight excluding hydrogens is 277 g/mol. The van der Waals surface area contributed by atoms with Crippen molar-refractivity contribution in [2.24, 2.45) is 0 Å². The fourth-order valence-electron chi connectivity index (χ4n) is 1.11. The summed E-state index contributed by atoms with van der Waals surface area (Å²) in [6.45, 7) is 0. The maximum absolute atomic E-state index is 12.0. The lowest BCUT2D eigenvalue weighted by Gasteiger charge is -2.08. The van der Waals surface area contributed by atoms with E-state index in [1.54, 1.807) is 0 Å². The number of pyridine rings is 1. The molecule has 0 aliphatic carbocycles. The summed E-state index contributed by atoms with van der Waals surface area (Å²) in [6.07, 6.45) is -5.18. The van der Waals surface area contributed by atoms with Gasteiger partial charge in [-0.15, -0.1) is 13.2 Å². The third-order valence-electron chi connectivity index (χ3n) is 1.80. The van der Waals surface area contributed by atoms with Crippen LogP contribution >= 0.6 is 0 Å². The van der Waals surface area contributed by atoms with Crippen molar-refractivity contribution in [3.8, 4) is 5.75 Å². The van der Waals surface area contributed by atoms with Crippen LogP contribution < -0.4 is 10.3 Å². The molecule has 19 heavy (non-hydrogen) atoms. The zero-order valence-corrected chi connectivity index (χ0v) is 9.11. The van der Waals surface area contributed by atoms with Crippen molar-refractivity contribution in [1.29, 1.82) is 0 Å². The van der Waals surface area contributed by atoms with E-state index >= 15 is 0 Å². The van der Waals surface area contributed by atoms with Gasteiger partial charge in [0.2, 0.25) is 5.75 Å². The maximum Gasteiger partial charge on any atom is 0.573 e. The number of nitrogens with one attached hydrogen (secondary N) is 1. The van der Waals surface area contributed by atoms with Crippen molar-refractivity contribution in [2.75, 3.05) is 7.11 Å². The van der Waals surface area contributed by atoms with E-state index in [-0.39, 0.29) is 6.07 Å². The monoisotopic (exact) mass is 282 g/mol. The molecule has 1 aromatic heterocycles. The fraction of sp³-hybridized carbons (Fsp3) is 0.250. The van der Waals surface area contributed by atoms with Crippen LogP contribution in [0.1, 0.15) is 10.4 Å². The van der Waals surface area contributed by atoms with Gasteiger partial charge in [0.05, 0.1) is 7.11 Å². The number of ether oxygens (including phenoxy) is 2. The molecule has 0 unspecified atom stereocenters. The predicted octanol–water partition coefficient (Wildman–Crippen LogP) is 0.968. The number of hydrogen-bond donors (Lipinski definition) is 1. The molecule has 0 saturated carbocycles. The van der Waals surface area contributed by atoms with E-state index in [0.717, 1.165) is 7.11 Å². The molecule has 1 N–H and O–H groups in total. The van der Waals surface area contributed by atoms with Crippen molar-refractivity contribution < 1.29 is 32.4 Å². The number of methoxy groups -OCH3 is 1. The van der Waals surface area contributed by atoms with E-state index in [9.17, 15) is 32.9 Å². The topological polar surface area (TPSA) is 112 Å². The Morgan fingerprint density at radius 2 is 2.05 bits per heavy atom. The SMILES string of the molecule is COC(=O)c1cc(OC(F)(F)F)c(=O)[nH]c1[N+](=O)[O-]. The lowest BCUT2D eigenvalue weighted by molar-refractivity contribution is -0.390. The average Bonchev–Trinajstić information content (AvgIpc) is 2.28. The third-order valence-corrected chi connectivity index (χ3v) is 1.80. The molecule has 0 aliphatic heterocycles. The van der Waals surface area contributed by atoms with Crippen molar-refractivity contribution in [1.82, 2.24) is 4.98 Å². The summed E-state index contributed by atoms with van der Waals surface area (Å²) in [5.41, 5.74) is -2.37. The molecule has 11 heteroatoms. The van der Waals surface area contributed by atoms with E-state index in [0.29, 0.717) is 0 Å². The van der Waals surface area contributed by atoms with E-state index < -0.39 is 39.9 Å². The standard InChI is InChI=1S/C8H5F3N2O6/c1-18-7(15)3-2-4(19-8(9,10)11)6(14)12-5(3)13(16)17/h2H,1H3,(H,12,14). The molecule has 0 aromatic carbocycles. The minimum atomic E-state index is -5.18. The van der Waals surface area contributed by atoms with Gasteiger partial charge >= 0.3 is 23.7 Å². The minimum Gasteiger partial charge on any atom is -0.465 e. The first-order chi connectivity index (χ1) is 8.65. The quantitative estimate of drug-likeness (QED) is 0.502. The number of alkyl halides is 3. The summed E-state index contributed by atoms with van der Waals surface area (Å²) in [4.78, 5) is 33.2. The van der Waals surface area contributed by atoms with Crippen LogP contribution in [0.15, 0.2) is 10.9 Å². The molecule has 1 heterocycles. The Morgan fingerprint density at radius 3 is 2.47 bits per heavy atom. The molecule has 0 atom stereocenters. The van der Waals surface area contributed by atoms with E-state index in [1.165, 1.54) is 4.98 Å². The second-order valence-corrected chi connectivity index (χ2v) is 3.02. The molecule has 1 rings (SSSR count). The van der Waals surface area contributed by atoms with Crippen LogP contribution in [0.25, 0.3) is 0 Å². The van der Waals surface area contributed by atoms with Crippen molar-refractivity contribution >= 4 is 11.8 Å². The highest BCUT2D eigenvalue weighted by atomic mass is 19.4. The maximum atomic E-state index is 12.0. The van der Waals surface area contributed by atoms with Crippen molar-refractivity contribution in [3.05, 3.63) is 32.1 Å². The number of nitrogens with zero attached hydrogens (tertiary/aromatic N) is 1. The summed E-state index contributed by atoms with van der Waals surface area (Å²) in [7, 11) is 0.863. The highest BCUT2D eigenvalue weighted by molar-refractivity contribution is 5.93. The second-order valence-electron chi connectivity index (χ2n) is 3.02. The Kier molecular flexibility index (Phi) is 3.77. The average molecular weight is 282 g/mol. The van der Waals surface area contributed by atoms with Crippen LogP contribution in [0.2, 0.25) is 0 Å². The van der Waals surface area contributed by atoms with Crippen LogP contribution in [0, 0.1) is 10.1 Å². The molecule has 0 fully saturated rings. The van der Waals surface area contributed by atoms with E-state index in [1.807, 2.05) is 0 Å². The number of H-pyrrole nitrogens is 1. The highest BCUT2D eigenvalue weighted by Gasteiger charge is 2.34. The Morgan fingerprint density at radius 1 is 1.47 bits per heavy atom. The van der Waals surface area contributed by atoms with Crippen LogP contribution in [-0.2, 0) is 4.74 Å². The number of nitro groups is 1. The van der Waals surface area contributed by atoms with Crippen LogP contribution in [-0.4, -0.2) is 29.3 Å². The molecular formula is C8H5F3N2O6. The number of carbonyl (C=O) groups excluding carboxylic acids is 1. The smallest absolute Gasteiger partial charge is 0.465 e. The zero-order valence-electron chi connectivity index (χ0n) is 9.11. The number of carbonyl (C=O) groups is 1. The summed E-state index contributed by atoms with van der Waals surface area (Å²) in [5.74, 6) is -3.69. The van der Waals surface area contributed by atoms with Gasteiger partial charge in [-0.2, -0.15) is 4.98 Å². The van der Waals surface area contributed by atoms with Gasteiger partial charge in [0.15, 0.2) is 5.56 Å². The van der Waals surface area contributed by atoms with Crippen LogP contribution in [0.3, 0.4) is 0 Å². The van der Waals surface area contributed by atoms with Crippen LogP contribution in [0.5, 0.6) is 5.75 Å². The van der Waals surface area contributed by atoms with Gasteiger partial charge < -0.3 is 19.6 Å². The van der Waals surface area contributed by atoms with Gasteiger partial charge in [-0.05, 0) is 4.92 Å². The first-order valence-corrected chi connectivity index (χ1v) is 4.41. The normalized spacial score (nSPS) is 10.9. The fourth-order valence-corrected chi connectivity index (χ4v) is 1.11. The number of rotatable bonds is 3. The van der Waals surface area contributed by atoms with Gasteiger partial charge in [-0.1, -0.05) is 0 Å². The van der Waals surface area contributed by atoms with E-state index in [4.69, 9.17) is 0 Å². The lowest BCUT2D eigenvalue weighted by atomic mass is 10.2. The number of aromatic amines is 1. The highest BCUT2D eigenvalue weighted by Crippen LogP contribution is 2.23. The zero-order chi connectivity index (χ0) is 14.8. The van der Waals surface area contributed by atoms with E-state index in [2.05, 4.69) is 9.47 Å². The largest absolute Gasteiger partial charge is 0.573 e. The Labute approximate surface area is 101 Å². The van der Waals surface area contributed by atoms with Gasteiger partial charge in [-0.3, -0.25) is 0 Å². The molecule has 104 valence electrons. The summed E-state index contributed by atoms with van der Waals surface area (Å²) >= 11 is 0. The lowest BCUT2D eigenvalue weighted by Crippen LogP contribution is -2.24. The number of halogens is 3. The molecule has 0 spiro atoms. The third kappa shape index (κ3) is 3.43. The second kappa shape index (κ2) is 4.96. The molecule has 8 nitrogen and oxygen atoms in total. The molecule has 0 amide bonds. The molecule has 0 aliphatic rings. The van der Waals surface area contributed by atoms with Crippen molar-refractivity contribution in [2.45, 2.75) is 6.36 Å². The van der Waals surface area contributed by atoms with Gasteiger partial charge in [0.1, 0.15) is 0 Å². The predicted molar refractivity (Wildman–Crippen MR) is 51.7 cm³/mol. The van der Waals surface area contributed by atoms with Gasteiger partial charge in [-0.25, -0.2) is 9.59 Å². The van der Waals surface area contributed by atoms with Gasteiger partial charge in [0, 0.05) is 6.07 Å². The molecule has 0 saturated heterocycles. The Hall–Kier alpha value is -2.59. The Balaban J connectivity index is 3.43. The minimum absolute atomic E-state index is 0.288. The van der Waals surface area contributed by atoms with Crippen molar-refractivity contribution in [3.63, 3.8) is 0 Å².